The average molecular weight is 360 g/mol. The topological polar surface area (TPSA) is 12.9 Å². The van der Waals surface area contributed by atoms with Gasteiger partial charge in [-0.3, -0.25) is 4.98 Å². The molecular formula is C20H13ClF3N. The molecule has 4 rings (SSSR count). The summed E-state index contributed by atoms with van der Waals surface area (Å²) in [6.07, 6.45) is -4.45. The van der Waals surface area contributed by atoms with Crippen molar-refractivity contribution in [3.8, 4) is 11.3 Å². The zero-order valence-electron chi connectivity index (χ0n) is 13.2. The quantitative estimate of drug-likeness (QED) is 0.393. The molecule has 0 amide bonds. The number of benzene rings is 2. The van der Waals surface area contributed by atoms with E-state index < -0.39 is 17.7 Å². The van der Waals surface area contributed by atoms with Crippen LogP contribution < -0.4 is 0 Å². The summed E-state index contributed by atoms with van der Waals surface area (Å²) in [5.74, 6) is -0.533. The van der Waals surface area contributed by atoms with E-state index in [1.165, 1.54) is 0 Å². The minimum atomic E-state index is -4.45. The largest absolute Gasteiger partial charge is 0.416 e. The zero-order chi connectivity index (χ0) is 17.8. The molecule has 1 unspecified atom stereocenters. The Balaban J connectivity index is 2.09. The Morgan fingerprint density at radius 3 is 2.40 bits per heavy atom. The first-order valence-electron chi connectivity index (χ1n) is 7.80. The van der Waals surface area contributed by atoms with E-state index in [1.807, 2.05) is 30.3 Å². The smallest absolute Gasteiger partial charge is 0.253 e. The fourth-order valence-corrected chi connectivity index (χ4v) is 3.73. The number of halogens is 4. The standard InChI is InChI=1S/C20H13ClF3N/c1-11-9-16(20(22,23)24)18-17(12-5-3-2-4-6-12)15-10-13(21)7-8-14(15)19(18)25-11/h2-10,17H,1H3. The number of alkyl halides is 3. The molecule has 0 fully saturated rings. The molecule has 0 saturated heterocycles. The lowest BCUT2D eigenvalue weighted by Gasteiger charge is -2.19. The third kappa shape index (κ3) is 2.61. The Kier molecular flexibility index (Phi) is 3.62. The highest BCUT2D eigenvalue weighted by Gasteiger charge is 2.42. The molecule has 2 aromatic carbocycles. The highest BCUT2D eigenvalue weighted by atomic mass is 35.5. The number of hydrogen-bond acceptors (Lipinski definition) is 1. The van der Waals surface area contributed by atoms with Crippen molar-refractivity contribution in [2.75, 3.05) is 0 Å². The lowest BCUT2D eigenvalue weighted by molar-refractivity contribution is -0.138. The number of aryl methyl sites for hydroxylation is 1. The highest BCUT2D eigenvalue weighted by Crippen LogP contribution is 2.52. The first-order chi connectivity index (χ1) is 11.9. The van der Waals surface area contributed by atoms with Crippen LogP contribution in [0.25, 0.3) is 11.3 Å². The van der Waals surface area contributed by atoms with Gasteiger partial charge in [0.1, 0.15) is 0 Å². The summed E-state index contributed by atoms with van der Waals surface area (Å²) in [5, 5.41) is 0.498. The number of nitrogens with zero attached hydrogens (tertiary/aromatic N) is 1. The van der Waals surface area contributed by atoms with Crippen molar-refractivity contribution < 1.29 is 13.2 Å². The van der Waals surface area contributed by atoms with E-state index >= 15 is 0 Å². The number of fused-ring (bicyclic) bond motifs is 3. The molecule has 3 aromatic rings. The van der Waals surface area contributed by atoms with Gasteiger partial charge < -0.3 is 0 Å². The molecule has 0 aliphatic heterocycles. The molecule has 1 aliphatic rings. The van der Waals surface area contributed by atoms with E-state index in [1.54, 1.807) is 25.1 Å². The summed E-state index contributed by atoms with van der Waals surface area (Å²) in [5.41, 5.74) is 2.59. The fraction of sp³-hybridized carbons (Fsp3) is 0.150. The summed E-state index contributed by atoms with van der Waals surface area (Å²) < 4.78 is 41.3. The van der Waals surface area contributed by atoms with Crippen molar-refractivity contribution in [2.45, 2.75) is 19.0 Å². The molecular weight excluding hydrogens is 347 g/mol. The monoisotopic (exact) mass is 359 g/mol. The van der Waals surface area contributed by atoms with Gasteiger partial charge >= 0.3 is 6.18 Å². The predicted octanol–water partition coefficient (Wildman–Crippen LogP) is 6.22. The molecule has 0 spiro atoms. The summed E-state index contributed by atoms with van der Waals surface area (Å²) in [6, 6.07) is 15.5. The molecule has 0 bridgehead atoms. The van der Waals surface area contributed by atoms with Gasteiger partial charge in [-0.25, -0.2) is 0 Å². The van der Waals surface area contributed by atoms with Crippen LogP contribution in [0.1, 0.15) is 33.9 Å². The molecule has 5 heteroatoms. The van der Waals surface area contributed by atoms with Gasteiger partial charge in [-0.1, -0.05) is 48.0 Å². The second-order valence-corrected chi connectivity index (χ2v) is 6.58. The Morgan fingerprint density at radius 1 is 1.00 bits per heavy atom. The number of aromatic nitrogens is 1. The number of pyridine rings is 1. The Hall–Kier alpha value is -2.33. The van der Waals surface area contributed by atoms with Crippen LogP contribution in [0.2, 0.25) is 5.02 Å². The minimum Gasteiger partial charge on any atom is -0.253 e. The van der Waals surface area contributed by atoms with Gasteiger partial charge in [0.2, 0.25) is 0 Å². The summed E-state index contributed by atoms with van der Waals surface area (Å²) in [4.78, 5) is 4.43. The van der Waals surface area contributed by atoms with Crippen molar-refractivity contribution in [3.05, 3.63) is 87.6 Å². The second-order valence-electron chi connectivity index (χ2n) is 6.15. The molecule has 0 radical (unpaired) electrons. The normalized spacial score (nSPS) is 15.8. The maximum absolute atomic E-state index is 13.8. The molecule has 1 atom stereocenters. The molecule has 126 valence electrons. The Morgan fingerprint density at radius 2 is 1.72 bits per heavy atom. The zero-order valence-corrected chi connectivity index (χ0v) is 14.0. The van der Waals surface area contributed by atoms with Gasteiger partial charge in [0.15, 0.2) is 0 Å². The third-order valence-electron chi connectivity index (χ3n) is 4.49. The van der Waals surface area contributed by atoms with E-state index in [0.717, 1.165) is 17.2 Å². The van der Waals surface area contributed by atoms with E-state index in [-0.39, 0.29) is 5.56 Å². The van der Waals surface area contributed by atoms with Crippen LogP contribution in [-0.2, 0) is 6.18 Å². The van der Waals surface area contributed by atoms with Crippen molar-refractivity contribution >= 4 is 11.6 Å². The van der Waals surface area contributed by atoms with E-state index in [9.17, 15) is 13.2 Å². The highest BCUT2D eigenvalue weighted by molar-refractivity contribution is 6.30. The molecule has 1 aromatic heterocycles. The minimum absolute atomic E-state index is 0.210. The van der Waals surface area contributed by atoms with E-state index in [2.05, 4.69) is 4.98 Å². The lowest BCUT2D eigenvalue weighted by Crippen LogP contribution is -2.13. The number of rotatable bonds is 1. The van der Waals surface area contributed by atoms with Crippen LogP contribution in [0, 0.1) is 6.92 Å². The fourth-order valence-electron chi connectivity index (χ4n) is 3.55. The van der Waals surface area contributed by atoms with Gasteiger partial charge in [-0.2, -0.15) is 13.2 Å². The van der Waals surface area contributed by atoms with E-state index in [4.69, 9.17) is 11.6 Å². The lowest BCUT2D eigenvalue weighted by atomic mass is 9.87. The van der Waals surface area contributed by atoms with Gasteiger partial charge in [-0.05, 0) is 36.2 Å². The maximum Gasteiger partial charge on any atom is 0.416 e. The summed E-state index contributed by atoms with van der Waals surface area (Å²) in [6.45, 7) is 1.58. The van der Waals surface area contributed by atoms with Crippen molar-refractivity contribution in [3.63, 3.8) is 0 Å². The SMILES string of the molecule is Cc1cc(C(F)(F)F)c2c(n1)-c1ccc(Cl)cc1C2c1ccccc1. The van der Waals surface area contributed by atoms with Crippen LogP contribution in [0.3, 0.4) is 0 Å². The second kappa shape index (κ2) is 5.60. The third-order valence-corrected chi connectivity index (χ3v) is 4.73. The summed E-state index contributed by atoms with van der Waals surface area (Å²) in [7, 11) is 0. The first-order valence-corrected chi connectivity index (χ1v) is 8.17. The molecule has 25 heavy (non-hydrogen) atoms. The van der Waals surface area contributed by atoms with E-state index in [0.29, 0.717) is 22.0 Å². The molecule has 1 heterocycles. The van der Waals surface area contributed by atoms with Gasteiger partial charge in [-0.15, -0.1) is 0 Å². The van der Waals surface area contributed by atoms with Crippen LogP contribution in [-0.4, -0.2) is 4.98 Å². The van der Waals surface area contributed by atoms with Crippen LogP contribution in [0.15, 0.2) is 54.6 Å². The van der Waals surface area contributed by atoms with Crippen LogP contribution >= 0.6 is 11.6 Å². The van der Waals surface area contributed by atoms with Crippen LogP contribution in [0.4, 0.5) is 13.2 Å². The average Bonchev–Trinajstić information content (AvgIpc) is 2.87. The molecule has 0 saturated carbocycles. The first kappa shape index (κ1) is 16.2. The Labute approximate surface area is 148 Å². The Bertz CT molecular complexity index is 965. The predicted molar refractivity (Wildman–Crippen MR) is 91.8 cm³/mol. The van der Waals surface area contributed by atoms with Crippen molar-refractivity contribution in [2.24, 2.45) is 0 Å². The van der Waals surface area contributed by atoms with Crippen molar-refractivity contribution in [1.29, 1.82) is 0 Å². The number of hydrogen-bond donors (Lipinski definition) is 0. The molecule has 1 nitrogen and oxygen atoms in total. The van der Waals surface area contributed by atoms with Crippen molar-refractivity contribution in [1.82, 2.24) is 4.98 Å². The van der Waals surface area contributed by atoms with Gasteiger partial charge in [0, 0.05) is 27.8 Å². The van der Waals surface area contributed by atoms with Crippen LogP contribution in [0.5, 0.6) is 0 Å². The summed E-state index contributed by atoms with van der Waals surface area (Å²) >= 11 is 6.14. The van der Waals surface area contributed by atoms with Gasteiger partial charge in [0.25, 0.3) is 0 Å². The maximum atomic E-state index is 13.8. The van der Waals surface area contributed by atoms with Gasteiger partial charge in [0.05, 0.1) is 11.3 Å². The molecule has 1 aliphatic carbocycles. The molecule has 0 N–H and O–H groups in total.